The van der Waals surface area contributed by atoms with Crippen LogP contribution in [0, 0.1) is 23.5 Å². The van der Waals surface area contributed by atoms with Gasteiger partial charge in [0.1, 0.15) is 11.5 Å². The van der Waals surface area contributed by atoms with Gasteiger partial charge in [-0.05, 0) is 131 Å². The van der Waals surface area contributed by atoms with Crippen LogP contribution in [0.2, 0.25) is 5.02 Å². The molecule has 2 amide bonds. The van der Waals surface area contributed by atoms with Gasteiger partial charge in [-0.25, -0.2) is 13.7 Å². The molecule has 1 saturated carbocycles. The summed E-state index contributed by atoms with van der Waals surface area (Å²) in [5, 5.41) is 0.912. The number of halogens is 3. The molecule has 0 spiro atoms. The minimum Gasteiger partial charge on any atom is -0.369 e. The number of rotatable bonds is 7. The van der Waals surface area contributed by atoms with Crippen molar-refractivity contribution in [2.45, 2.75) is 83.0 Å². The fourth-order valence-corrected chi connectivity index (χ4v) is 10.7. The van der Waals surface area contributed by atoms with Crippen LogP contribution in [0.15, 0.2) is 53.3 Å². The molecule has 0 atom stereocenters. The van der Waals surface area contributed by atoms with Crippen LogP contribution in [0.25, 0.3) is 16.6 Å². The number of amides is 2. The number of imide groups is 1. The number of piperazine rings is 1. The van der Waals surface area contributed by atoms with E-state index in [1.54, 1.807) is 6.07 Å². The van der Waals surface area contributed by atoms with Crippen molar-refractivity contribution >= 4 is 45.7 Å². The second-order valence-corrected chi connectivity index (χ2v) is 18.0. The first-order chi connectivity index (χ1) is 27.5. The van der Waals surface area contributed by atoms with Crippen molar-refractivity contribution < 1.29 is 18.4 Å². The standard InChI is InChI=1S/C45H51ClF2N6O3/c1-45(2)33-14-13-31(23-38(33)53-37-6-3-5-34(46)41(37)43(57)49-44(45)53)30-15-17-50(18-16-30)26-28-9-11-29(12-10-28)27-51-19-21-52(22-20-51)32-24-35(47)42(36(48)25-32)54-39(55)7-4-8-40(54)56/h3,5-6,13-14,23-25,28-30H,4,7-12,15-22,26-27H2,1-2H3. The van der Waals surface area contributed by atoms with E-state index in [1.807, 2.05) is 17.0 Å². The van der Waals surface area contributed by atoms with Gasteiger partial charge in [0, 0.05) is 57.8 Å². The Morgan fingerprint density at radius 2 is 1.39 bits per heavy atom. The molecule has 0 bridgehead atoms. The number of benzene rings is 3. The first-order valence-corrected chi connectivity index (χ1v) is 21.2. The number of carbonyl (C=O) groups excluding carboxylic acids is 2. The predicted molar refractivity (Wildman–Crippen MR) is 220 cm³/mol. The maximum atomic E-state index is 15.2. The van der Waals surface area contributed by atoms with Gasteiger partial charge in [0.2, 0.25) is 11.8 Å². The molecule has 57 heavy (non-hydrogen) atoms. The van der Waals surface area contributed by atoms with E-state index in [-0.39, 0.29) is 23.8 Å². The highest BCUT2D eigenvalue weighted by atomic mass is 35.5. The Hall–Kier alpha value is -4.19. The van der Waals surface area contributed by atoms with Crippen LogP contribution < -0.4 is 15.4 Å². The maximum absolute atomic E-state index is 15.2. The molecule has 5 heterocycles. The van der Waals surface area contributed by atoms with Gasteiger partial charge >= 0.3 is 0 Å². The molecular formula is C45H51ClF2N6O3. The van der Waals surface area contributed by atoms with Crippen LogP contribution in [0.4, 0.5) is 20.2 Å². The molecule has 9 nitrogen and oxygen atoms in total. The van der Waals surface area contributed by atoms with Crippen LogP contribution in [0.5, 0.6) is 0 Å². The third-order valence-electron chi connectivity index (χ3n) is 13.7. The Balaban J connectivity index is 0.750. The third kappa shape index (κ3) is 7.07. The highest BCUT2D eigenvalue weighted by Gasteiger charge is 2.39. The van der Waals surface area contributed by atoms with Gasteiger partial charge in [-0.2, -0.15) is 4.98 Å². The number of fused-ring (bicyclic) bond motifs is 5. The molecule has 0 unspecified atom stereocenters. The normalized spacial score (nSPS) is 23.3. The summed E-state index contributed by atoms with van der Waals surface area (Å²) in [5.41, 5.74) is 3.71. The Morgan fingerprint density at radius 1 is 0.772 bits per heavy atom. The molecule has 9 rings (SSSR count). The largest absolute Gasteiger partial charge is 0.369 e. The first-order valence-electron chi connectivity index (χ1n) is 20.9. The Morgan fingerprint density at radius 3 is 2.02 bits per heavy atom. The number of hydrogen-bond acceptors (Lipinski definition) is 7. The summed E-state index contributed by atoms with van der Waals surface area (Å²) in [7, 11) is 0. The Bertz CT molecular complexity index is 2250. The average Bonchev–Trinajstić information content (AvgIpc) is 3.42. The van der Waals surface area contributed by atoms with E-state index in [2.05, 4.69) is 51.4 Å². The molecule has 12 heteroatoms. The van der Waals surface area contributed by atoms with Crippen molar-refractivity contribution in [2.24, 2.45) is 11.8 Å². The summed E-state index contributed by atoms with van der Waals surface area (Å²) in [6.07, 6.45) is 7.89. The molecule has 4 aromatic rings. The summed E-state index contributed by atoms with van der Waals surface area (Å²) in [6.45, 7) is 11.7. The van der Waals surface area contributed by atoms with Crippen LogP contribution in [-0.4, -0.2) is 83.5 Å². The van der Waals surface area contributed by atoms with Gasteiger partial charge in [0.25, 0.3) is 5.56 Å². The summed E-state index contributed by atoms with van der Waals surface area (Å²) in [5.74, 6) is -0.186. The average molecular weight is 797 g/mol. The number of likely N-dealkylation sites (tertiary alicyclic amines) is 1. The van der Waals surface area contributed by atoms with E-state index in [9.17, 15) is 14.4 Å². The van der Waals surface area contributed by atoms with Crippen molar-refractivity contribution in [3.63, 3.8) is 0 Å². The molecule has 0 radical (unpaired) electrons. The highest BCUT2D eigenvalue weighted by Crippen LogP contribution is 2.45. The molecule has 1 aliphatic carbocycles. The van der Waals surface area contributed by atoms with Crippen molar-refractivity contribution in [1.82, 2.24) is 19.4 Å². The van der Waals surface area contributed by atoms with Crippen LogP contribution in [0.1, 0.15) is 94.5 Å². The molecule has 0 N–H and O–H groups in total. The minimum atomic E-state index is -0.870. The number of piperidine rings is 2. The summed E-state index contributed by atoms with van der Waals surface area (Å²) < 4.78 is 32.5. The van der Waals surface area contributed by atoms with Gasteiger partial charge < -0.3 is 9.80 Å². The Labute approximate surface area is 337 Å². The molecule has 300 valence electrons. The quantitative estimate of drug-likeness (QED) is 0.177. The van der Waals surface area contributed by atoms with Crippen LogP contribution >= 0.6 is 11.6 Å². The molecule has 4 aliphatic heterocycles. The molecule has 4 fully saturated rings. The number of hydrogen-bond donors (Lipinski definition) is 0. The predicted octanol–water partition coefficient (Wildman–Crippen LogP) is 7.81. The van der Waals surface area contributed by atoms with Gasteiger partial charge in [-0.1, -0.05) is 29.8 Å². The van der Waals surface area contributed by atoms with Crippen LogP contribution in [-0.2, 0) is 15.0 Å². The summed E-state index contributed by atoms with van der Waals surface area (Å²) in [6, 6.07) is 15.0. The number of aromatic nitrogens is 2. The van der Waals surface area contributed by atoms with Gasteiger partial charge in [0.15, 0.2) is 11.6 Å². The summed E-state index contributed by atoms with van der Waals surface area (Å²) in [4.78, 5) is 50.1. The molecule has 5 aliphatic rings. The van der Waals surface area contributed by atoms with Crippen molar-refractivity contribution in [1.29, 1.82) is 0 Å². The first kappa shape index (κ1) is 38.3. The fraction of sp³-hybridized carbons (Fsp3) is 0.511. The molecule has 3 saturated heterocycles. The van der Waals surface area contributed by atoms with E-state index in [0.717, 1.165) is 68.5 Å². The van der Waals surface area contributed by atoms with Crippen LogP contribution in [0.3, 0.4) is 0 Å². The lowest BCUT2D eigenvalue weighted by atomic mass is 9.80. The number of anilines is 2. The lowest BCUT2D eigenvalue weighted by molar-refractivity contribution is -0.129. The van der Waals surface area contributed by atoms with Crippen molar-refractivity contribution in [3.05, 3.63) is 92.5 Å². The maximum Gasteiger partial charge on any atom is 0.282 e. The zero-order valence-electron chi connectivity index (χ0n) is 32.9. The number of nitrogens with zero attached hydrogens (tertiary/aromatic N) is 6. The van der Waals surface area contributed by atoms with Crippen molar-refractivity contribution in [3.8, 4) is 5.69 Å². The fourth-order valence-electron chi connectivity index (χ4n) is 10.4. The Kier molecular flexibility index (Phi) is 10.2. The van der Waals surface area contributed by atoms with E-state index >= 15 is 8.78 Å². The molecule has 1 aromatic heterocycles. The monoisotopic (exact) mass is 796 g/mol. The minimum absolute atomic E-state index is 0.114. The summed E-state index contributed by atoms with van der Waals surface area (Å²) >= 11 is 6.51. The van der Waals surface area contributed by atoms with E-state index in [0.29, 0.717) is 52.3 Å². The van der Waals surface area contributed by atoms with E-state index < -0.39 is 29.1 Å². The third-order valence-corrected chi connectivity index (χ3v) is 14.0. The highest BCUT2D eigenvalue weighted by molar-refractivity contribution is 6.35. The molecular weight excluding hydrogens is 746 g/mol. The topological polar surface area (TPSA) is 82.0 Å². The van der Waals surface area contributed by atoms with Gasteiger partial charge in [-0.3, -0.25) is 23.9 Å². The lowest BCUT2D eigenvalue weighted by Crippen LogP contribution is -2.48. The van der Waals surface area contributed by atoms with E-state index in [4.69, 9.17) is 11.6 Å². The second kappa shape index (κ2) is 15.2. The zero-order valence-corrected chi connectivity index (χ0v) is 33.7. The SMILES string of the molecule is CC1(C)c2ccc(C3CCN(CC4CCC(CN5CCN(c6cc(F)c(N7C(=O)CCCC7=O)c(F)c6)CC5)CC4)CC3)cc2-n2c1nc(=O)c1c(Cl)cccc12. The van der Waals surface area contributed by atoms with Gasteiger partial charge in [-0.15, -0.1) is 0 Å². The van der Waals surface area contributed by atoms with Gasteiger partial charge in [0.05, 0.1) is 27.0 Å². The second-order valence-electron chi connectivity index (χ2n) is 17.6. The van der Waals surface area contributed by atoms with E-state index in [1.165, 1.54) is 55.5 Å². The zero-order chi connectivity index (χ0) is 39.6. The molecule has 3 aromatic carbocycles. The lowest BCUT2D eigenvalue weighted by Gasteiger charge is -2.40. The smallest absolute Gasteiger partial charge is 0.282 e. The van der Waals surface area contributed by atoms with Crippen molar-refractivity contribution in [2.75, 3.05) is 62.2 Å². The number of carbonyl (C=O) groups is 2.